The molecule has 3 aliphatic heterocycles. The molecule has 0 aliphatic carbocycles. The summed E-state index contributed by atoms with van der Waals surface area (Å²) in [7, 11) is 0. The monoisotopic (exact) mass is 593 g/mol. The quantitative estimate of drug-likeness (QED) is 0.336. The van der Waals surface area contributed by atoms with Crippen LogP contribution in [0.15, 0.2) is 43.5 Å². The van der Waals surface area contributed by atoms with Gasteiger partial charge in [-0.15, -0.1) is 13.2 Å². The maximum atomic E-state index is 15.1. The summed E-state index contributed by atoms with van der Waals surface area (Å²) in [6.45, 7) is 22.7. The van der Waals surface area contributed by atoms with Crippen molar-refractivity contribution < 1.29 is 24.2 Å². The Morgan fingerprint density at radius 3 is 2.33 bits per heavy atom. The largest absolute Gasteiger partial charge is 0.394 e. The number of amides is 3. The Morgan fingerprint density at radius 2 is 1.79 bits per heavy atom. The number of para-hydroxylation sites is 1. The number of hydrogen-bond acceptors (Lipinski definition) is 5. The van der Waals surface area contributed by atoms with Gasteiger partial charge in [-0.1, -0.05) is 58.0 Å². The molecule has 1 aromatic rings. The normalized spacial score (nSPS) is 30.0. The average Bonchev–Trinajstić information content (AvgIpc) is 3.46. The fourth-order valence-electron chi connectivity index (χ4n) is 8.26. The van der Waals surface area contributed by atoms with Crippen LogP contribution in [0.2, 0.25) is 0 Å². The van der Waals surface area contributed by atoms with Gasteiger partial charge in [-0.05, 0) is 63.0 Å². The lowest BCUT2D eigenvalue weighted by atomic mass is 9.62. The number of benzene rings is 1. The van der Waals surface area contributed by atoms with Crippen molar-refractivity contribution >= 4 is 23.4 Å². The molecule has 8 nitrogen and oxygen atoms in total. The highest BCUT2D eigenvalue weighted by atomic mass is 16.5. The topological polar surface area (TPSA) is 90.4 Å². The number of carbonyl (C=O) groups is 3. The molecule has 3 heterocycles. The van der Waals surface area contributed by atoms with Crippen molar-refractivity contribution in [2.24, 2.45) is 23.7 Å². The molecule has 0 saturated carbocycles. The van der Waals surface area contributed by atoms with Crippen LogP contribution >= 0.6 is 0 Å². The minimum atomic E-state index is -1.20. The first kappa shape index (κ1) is 32.9. The van der Waals surface area contributed by atoms with Crippen LogP contribution in [0.4, 0.5) is 5.69 Å². The van der Waals surface area contributed by atoms with Gasteiger partial charge in [-0.2, -0.15) is 0 Å². The van der Waals surface area contributed by atoms with Crippen molar-refractivity contribution in [3.05, 3.63) is 54.6 Å². The lowest BCUT2D eigenvalue weighted by molar-refractivity contribution is -0.154. The number of ether oxygens (including phenoxy) is 1. The molecule has 4 rings (SSSR count). The van der Waals surface area contributed by atoms with Crippen LogP contribution in [-0.2, 0) is 19.1 Å². The third-order valence-corrected chi connectivity index (χ3v) is 10.0. The first-order valence-corrected chi connectivity index (χ1v) is 15.9. The SMILES string of the molecule is C=CCN(CCC)C(=O)[C@@H]1[C@H]2C(=O)N([C@@H](CO)CC(C)C)C(C(=O)N(CC=C)c3c(C)cccc3C)C23CC(C)[C@@]1(C)O3. The zero-order valence-corrected chi connectivity index (χ0v) is 27.1. The second kappa shape index (κ2) is 12.6. The number of rotatable bonds is 13. The molecule has 3 amide bonds. The number of likely N-dealkylation sites (tertiary alicyclic amines) is 1. The van der Waals surface area contributed by atoms with Gasteiger partial charge in [0.1, 0.15) is 11.6 Å². The second-order valence-corrected chi connectivity index (χ2v) is 13.5. The predicted octanol–water partition coefficient (Wildman–Crippen LogP) is 4.66. The van der Waals surface area contributed by atoms with Crippen LogP contribution in [0, 0.1) is 37.5 Å². The van der Waals surface area contributed by atoms with E-state index in [9.17, 15) is 14.7 Å². The third kappa shape index (κ3) is 5.24. The van der Waals surface area contributed by atoms with Crippen LogP contribution in [-0.4, -0.2) is 82.2 Å². The predicted molar refractivity (Wildman–Crippen MR) is 169 cm³/mol. The van der Waals surface area contributed by atoms with Crippen molar-refractivity contribution in [3.63, 3.8) is 0 Å². The Balaban J connectivity index is 1.92. The van der Waals surface area contributed by atoms with E-state index in [-0.39, 0.29) is 42.7 Å². The average molecular weight is 594 g/mol. The Morgan fingerprint density at radius 1 is 1.16 bits per heavy atom. The highest BCUT2D eigenvalue weighted by Crippen LogP contribution is 2.66. The highest BCUT2D eigenvalue weighted by molar-refractivity contribution is 6.06. The van der Waals surface area contributed by atoms with E-state index in [1.807, 2.05) is 59.7 Å². The molecule has 43 heavy (non-hydrogen) atoms. The van der Waals surface area contributed by atoms with Gasteiger partial charge in [0, 0.05) is 25.3 Å². The van der Waals surface area contributed by atoms with Gasteiger partial charge in [-0.3, -0.25) is 14.4 Å². The minimum absolute atomic E-state index is 0.0707. The number of hydrogen-bond donors (Lipinski definition) is 1. The summed E-state index contributed by atoms with van der Waals surface area (Å²) in [5.74, 6) is -2.16. The maximum Gasteiger partial charge on any atom is 0.253 e. The molecule has 3 unspecified atom stereocenters. The molecule has 3 fully saturated rings. The molecular formula is C35H51N3O5. The molecule has 2 bridgehead atoms. The van der Waals surface area contributed by atoms with Crippen molar-refractivity contribution in [1.82, 2.24) is 9.80 Å². The maximum absolute atomic E-state index is 15.1. The van der Waals surface area contributed by atoms with E-state index >= 15 is 4.79 Å². The molecule has 0 radical (unpaired) electrons. The summed E-state index contributed by atoms with van der Waals surface area (Å²) in [6.07, 6.45) is 5.16. The molecule has 1 N–H and O–H groups in total. The molecule has 8 heteroatoms. The van der Waals surface area contributed by atoms with Crippen LogP contribution in [0.5, 0.6) is 0 Å². The summed E-state index contributed by atoms with van der Waals surface area (Å²) in [4.78, 5) is 49.3. The van der Waals surface area contributed by atoms with E-state index < -0.39 is 35.1 Å². The second-order valence-electron chi connectivity index (χ2n) is 13.5. The zero-order valence-electron chi connectivity index (χ0n) is 27.1. The van der Waals surface area contributed by atoms with E-state index in [0.717, 1.165) is 23.2 Å². The summed E-state index contributed by atoms with van der Waals surface area (Å²) in [5, 5.41) is 10.7. The molecule has 0 aromatic heterocycles. The van der Waals surface area contributed by atoms with Crippen molar-refractivity contribution in [3.8, 4) is 0 Å². The molecule has 3 saturated heterocycles. The van der Waals surface area contributed by atoms with E-state index in [4.69, 9.17) is 4.74 Å². The minimum Gasteiger partial charge on any atom is -0.394 e. The summed E-state index contributed by atoms with van der Waals surface area (Å²) in [6, 6.07) is 4.31. The van der Waals surface area contributed by atoms with Gasteiger partial charge in [0.05, 0.1) is 30.1 Å². The highest BCUT2D eigenvalue weighted by Gasteiger charge is 2.80. The molecule has 1 spiro atoms. The van der Waals surface area contributed by atoms with Gasteiger partial charge < -0.3 is 24.5 Å². The molecule has 236 valence electrons. The van der Waals surface area contributed by atoms with Gasteiger partial charge >= 0.3 is 0 Å². The summed E-state index contributed by atoms with van der Waals surface area (Å²) < 4.78 is 6.99. The van der Waals surface area contributed by atoms with Crippen LogP contribution < -0.4 is 4.90 Å². The lowest BCUT2D eigenvalue weighted by Crippen LogP contribution is -2.59. The third-order valence-electron chi connectivity index (χ3n) is 10.0. The first-order valence-electron chi connectivity index (χ1n) is 15.9. The van der Waals surface area contributed by atoms with Gasteiger partial charge in [0.25, 0.3) is 5.91 Å². The van der Waals surface area contributed by atoms with Crippen LogP contribution in [0.1, 0.15) is 65.0 Å². The molecule has 3 aliphatic rings. The van der Waals surface area contributed by atoms with E-state index in [1.165, 1.54) is 0 Å². The number of nitrogens with zero attached hydrogens (tertiary/aromatic N) is 3. The number of aliphatic hydroxyl groups is 1. The Labute approximate surface area is 257 Å². The van der Waals surface area contributed by atoms with Gasteiger partial charge in [0.15, 0.2) is 0 Å². The standard InChI is InChI=1S/C35H51N3O5/c1-10-16-36(17-11-2)31(40)27-28-32(41)38(26(21-39)19-22(4)5)30(35(28)20-25(8)34(27,9)43-35)33(42)37(18-12-3)29-23(6)14-13-15-24(29)7/h10,12-15,22,25-28,30,39H,1,3,11,16-21H2,2,4-9H3/t25?,26-,27+,28+,30?,34-,35?/m1/s1. The van der Waals surface area contributed by atoms with E-state index in [1.54, 1.807) is 26.9 Å². The summed E-state index contributed by atoms with van der Waals surface area (Å²) in [5.41, 5.74) is 0.541. The number of aliphatic hydroxyl groups excluding tert-OH is 1. The summed E-state index contributed by atoms with van der Waals surface area (Å²) >= 11 is 0. The Bertz CT molecular complexity index is 1240. The Hall–Kier alpha value is -2.97. The Kier molecular flexibility index (Phi) is 9.62. The van der Waals surface area contributed by atoms with Crippen molar-refractivity contribution in [1.29, 1.82) is 0 Å². The molecular weight excluding hydrogens is 542 g/mol. The first-order chi connectivity index (χ1) is 20.3. The lowest BCUT2D eigenvalue weighted by Gasteiger charge is -2.40. The van der Waals surface area contributed by atoms with Crippen LogP contribution in [0.25, 0.3) is 0 Å². The number of aryl methyl sites for hydroxylation is 2. The fourth-order valence-corrected chi connectivity index (χ4v) is 8.26. The van der Waals surface area contributed by atoms with E-state index in [0.29, 0.717) is 25.9 Å². The van der Waals surface area contributed by atoms with Crippen molar-refractivity contribution in [2.45, 2.75) is 91.0 Å². The fraction of sp³-hybridized carbons (Fsp3) is 0.629. The number of carbonyl (C=O) groups excluding carboxylic acids is 3. The van der Waals surface area contributed by atoms with Gasteiger partial charge in [0.2, 0.25) is 11.8 Å². The van der Waals surface area contributed by atoms with E-state index in [2.05, 4.69) is 20.1 Å². The zero-order chi connectivity index (χ0) is 31.9. The van der Waals surface area contributed by atoms with Crippen LogP contribution in [0.3, 0.4) is 0 Å². The van der Waals surface area contributed by atoms with Gasteiger partial charge in [-0.25, -0.2) is 0 Å². The molecule has 1 aromatic carbocycles. The van der Waals surface area contributed by atoms with Crippen molar-refractivity contribution in [2.75, 3.05) is 31.1 Å². The number of fused-ring (bicyclic) bond motifs is 1. The molecule has 7 atom stereocenters. The number of anilines is 1. The smallest absolute Gasteiger partial charge is 0.253 e.